The van der Waals surface area contributed by atoms with Gasteiger partial charge in [0.2, 0.25) is 0 Å². The van der Waals surface area contributed by atoms with Gasteiger partial charge < -0.3 is 0 Å². The topological polar surface area (TPSA) is 6.48 Å². The van der Waals surface area contributed by atoms with Crippen molar-refractivity contribution in [3.63, 3.8) is 0 Å². The molecule has 2 heteroatoms. The SMILES string of the molecule is CC(C)(C)N1CCN(C(C)(C)C)[C@H]2CC21. The van der Waals surface area contributed by atoms with Crippen molar-refractivity contribution in [1.82, 2.24) is 9.80 Å². The van der Waals surface area contributed by atoms with Gasteiger partial charge in [0.25, 0.3) is 0 Å². The third-order valence-electron chi connectivity index (χ3n) is 3.83. The maximum atomic E-state index is 2.69. The summed E-state index contributed by atoms with van der Waals surface area (Å²) in [7, 11) is 0. The van der Waals surface area contributed by atoms with Crippen LogP contribution < -0.4 is 0 Å². The van der Waals surface area contributed by atoms with Gasteiger partial charge in [-0.25, -0.2) is 0 Å². The lowest BCUT2D eigenvalue weighted by molar-refractivity contribution is 0.0179. The maximum absolute atomic E-state index is 2.69. The Morgan fingerprint density at radius 1 is 0.733 bits per heavy atom. The van der Waals surface area contributed by atoms with Crippen molar-refractivity contribution in [3.05, 3.63) is 0 Å². The predicted octanol–water partition coefficient (Wildman–Crippen LogP) is 2.34. The van der Waals surface area contributed by atoms with Gasteiger partial charge in [-0.1, -0.05) is 0 Å². The monoisotopic (exact) mass is 210 g/mol. The van der Waals surface area contributed by atoms with E-state index in [1.165, 1.54) is 19.5 Å². The van der Waals surface area contributed by atoms with Crippen molar-refractivity contribution < 1.29 is 0 Å². The largest absolute Gasteiger partial charge is 0.293 e. The summed E-state index contributed by atoms with van der Waals surface area (Å²) in [6.45, 7) is 16.5. The molecule has 0 aromatic rings. The van der Waals surface area contributed by atoms with Gasteiger partial charge in [-0.3, -0.25) is 9.80 Å². The zero-order valence-corrected chi connectivity index (χ0v) is 11.2. The highest BCUT2D eigenvalue weighted by Crippen LogP contribution is 2.42. The van der Waals surface area contributed by atoms with Crippen LogP contribution in [0.15, 0.2) is 0 Å². The summed E-state index contributed by atoms with van der Waals surface area (Å²) in [4.78, 5) is 5.39. The van der Waals surface area contributed by atoms with E-state index < -0.39 is 0 Å². The van der Waals surface area contributed by atoms with Gasteiger partial charge in [0.05, 0.1) is 0 Å². The highest BCUT2D eigenvalue weighted by molar-refractivity contribution is 5.10. The first kappa shape index (κ1) is 11.4. The molecule has 1 unspecified atom stereocenters. The fraction of sp³-hybridized carbons (Fsp3) is 1.00. The quantitative estimate of drug-likeness (QED) is 0.605. The first-order chi connectivity index (χ1) is 6.71. The number of rotatable bonds is 0. The summed E-state index contributed by atoms with van der Waals surface area (Å²) in [5.74, 6) is 0. The molecule has 2 atom stereocenters. The molecule has 88 valence electrons. The van der Waals surface area contributed by atoms with Crippen LogP contribution >= 0.6 is 0 Å². The number of piperazine rings is 1. The molecular weight excluding hydrogens is 184 g/mol. The Balaban J connectivity index is 2.04. The highest BCUT2D eigenvalue weighted by Gasteiger charge is 2.53. The molecule has 1 heterocycles. The molecule has 1 saturated carbocycles. The van der Waals surface area contributed by atoms with Crippen LogP contribution in [0.2, 0.25) is 0 Å². The standard InChI is InChI=1S/C13H26N2/c1-12(2,3)14-7-8-15(13(4,5)6)11-9-10(11)14/h10-11H,7-9H2,1-6H3/t10-,11?/m0/s1. The fourth-order valence-electron chi connectivity index (χ4n) is 3.05. The van der Waals surface area contributed by atoms with E-state index >= 15 is 0 Å². The van der Waals surface area contributed by atoms with Gasteiger partial charge in [0.1, 0.15) is 0 Å². The van der Waals surface area contributed by atoms with Gasteiger partial charge in [-0.15, -0.1) is 0 Å². The molecule has 1 aliphatic carbocycles. The lowest BCUT2D eigenvalue weighted by Crippen LogP contribution is -2.57. The van der Waals surface area contributed by atoms with E-state index in [1.807, 2.05) is 0 Å². The molecule has 15 heavy (non-hydrogen) atoms. The van der Waals surface area contributed by atoms with E-state index in [2.05, 4.69) is 51.3 Å². The Kier molecular flexibility index (Phi) is 2.44. The summed E-state index contributed by atoms with van der Waals surface area (Å²) in [5, 5.41) is 0. The van der Waals surface area contributed by atoms with Crippen LogP contribution in [0.3, 0.4) is 0 Å². The average molecular weight is 210 g/mol. The molecule has 0 aromatic carbocycles. The number of fused-ring (bicyclic) bond motifs is 1. The molecule has 2 nitrogen and oxygen atoms in total. The van der Waals surface area contributed by atoms with Crippen LogP contribution in [0.25, 0.3) is 0 Å². The normalized spacial score (nSPS) is 34.0. The second kappa shape index (κ2) is 3.21. The molecule has 2 aliphatic rings. The smallest absolute Gasteiger partial charge is 0.0273 e. The summed E-state index contributed by atoms with van der Waals surface area (Å²) >= 11 is 0. The highest BCUT2D eigenvalue weighted by atomic mass is 15.4. The summed E-state index contributed by atoms with van der Waals surface area (Å²) in [6.07, 6.45) is 1.38. The van der Waals surface area contributed by atoms with Gasteiger partial charge in [-0.2, -0.15) is 0 Å². The van der Waals surface area contributed by atoms with Crippen LogP contribution in [0, 0.1) is 0 Å². The molecule has 1 aliphatic heterocycles. The third kappa shape index (κ3) is 2.07. The number of hydrogen-bond donors (Lipinski definition) is 0. The van der Waals surface area contributed by atoms with Crippen LogP contribution in [0.4, 0.5) is 0 Å². The summed E-state index contributed by atoms with van der Waals surface area (Å²) < 4.78 is 0. The van der Waals surface area contributed by atoms with Crippen LogP contribution in [0.1, 0.15) is 48.0 Å². The van der Waals surface area contributed by atoms with E-state index in [0.717, 1.165) is 12.1 Å². The minimum atomic E-state index is 0.351. The molecule has 0 amide bonds. The van der Waals surface area contributed by atoms with Gasteiger partial charge in [0, 0.05) is 36.3 Å². The van der Waals surface area contributed by atoms with Gasteiger partial charge in [-0.05, 0) is 48.0 Å². The van der Waals surface area contributed by atoms with E-state index in [-0.39, 0.29) is 0 Å². The minimum Gasteiger partial charge on any atom is -0.293 e. The fourth-order valence-corrected chi connectivity index (χ4v) is 3.05. The summed E-state index contributed by atoms with van der Waals surface area (Å²) in [6, 6.07) is 1.66. The second-order valence-electron chi connectivity index (χ2n) is 7.10. The molecule has 2 fully saturated rings. The maximum Gasteiger partial charge on any atom is 0.0273 e. The molecule has 0 spiro atoms. The van der Waals surface area contributed by atoms with Gasteiger partial charge in [0.15, 0.2) is 0 Å². The van der Waals surface area contributed by atoms with Crippen molar-refractivity contribution in [2.24, 2.45) is 0 Å². The molecular formula is C13H26N2. The van der Waals surface area contributed by atoms with Crippen LogP contribution in [-0.4, -0.2) is 46.1 Å². The van der Waals surface area contributed by atoms with Crippen molar-refractivity contribution >= 4 is 0 Å². The lowest BCUT2D eigenvalue weighted by atomic mass is 10.0. The molecule has 0 bridgehead atoms. The Bertz CT molecular complexity index is 220. The van der Waals surface area contributed by atoms with E-state index in [0.29, 0.717) is 11.1 Å². The van der Waals surface area contributed by atoms with E-state index in [9.17, 15) is 0 Å². The van der Waals surface area contributed by atoms with Crippen molar-refractivity contribution in [1.29, 1.82) is 0 Å². The Hall–Kier alpha value is -0.0800. The van der Waals surface area contributed by atoms with E-state index in [1.54, 1.807) is 0 Å². The molecule has 2 rings (SSSR count). The molecule has 0 N–H and O–H groups in total. The van der Waals surface area contributed by atoms with Gasteiger partial charge >= 0.3 is 0 Å². The lowest BCUT2D eigenvalue weighted by Gasteiger charge is -2.46. The zero-order valence-electron chi connectivity index (χ0n) is 11.2. The first-order valence-corrected chi connectivity index (χ1v) is 6.25. The molecule has 1 saturated heterocycles. The number of hydrogen-bond acceptors (Lipinski definition) is 2. The third-order valence-corrected chi connectivity index (χ3v) is 3.83. The average Bonchev–Trinajstić information content (AvgIpc) is 2.75. The molecule has 0 radical (unpaired) electrons. The predicted molar refractivity (Wildman–Crippen MR) is 65.1 cm³/mol. The van der Waals surface area contributed by atoms with Crippen LogP contribution in [0.5, 0.6) is 0 Å². The first-order valence-electron chi connectivity index (χ1n) is 6.25. The zero-order chi connectivity index (χ0) is 11.4. The summed E-state index contributed by atoms with van der Waals surface area (Å²) in [5.41, 5.74) is 0.701. The van der Waals surface area contributed by atoms with Crippen LogP contribution in [-0.2, 0) is 0 Å². The Morgan fingerprint density at radius 3 is 1.33 bits per heavy atom. The van der Waals surface area contributed by atoms with Crippen molar-refractivity contribution in [3.8, 4) is 0 Å². The van der Waals surface area contributed by atoms with Crippen molar-refractivity contribution in [2.45, 2.75) is 71.1 Å². The van der Waals surface area contributed by atoms with Crippen molar-refractivity contribution in [2.75, 3.05) is 13.1 Å². The minimum absolute atomic E-state index is 0.351. The van der Waals surface area contributed by atoms with E-state index in [4.69, 9.17) is 0 Å². The Labute approximate surface area is 94.6 Å². The molecule has 0 aromatic heterocycles. The Morgan fingerprint density at radius 2 is 1.07 bits per heavy atom. The number of nitrogens with zero attached hydrogens (tertiary/aromatic N) is 2. The second-order valence-corrected chi connectivity index (χ2v) is 7.10.